The van der Waals surface area contributed by atoms with Gasteiger partial charge in [0.05, 0.1) is 5.69 Å². The largest absolute Gasteiger partial charge is 0.373 e. The summed E-state index contributed by atoms with van der Waals surface area (Å²) in [5.74, 6) is 1.67. The van der Waals surface area contributed by atoms with E-state index in [1.54, 1.807) is 6.07 Å². The number of hydrogen-bond donors (Lipinski definition) is 1. The summed E-state index contributed by atoms with van der Waals surface area (Å²) in [5.41, 5.74) is 2.78. The molecule has 0 amide bonds. The molecule has 5 heteroatoms. The fourth-order valence-electron chi connectivity index (χ4n) is 2.11. The van der Waals surface area contributed by atoms with E-state index in [1.807, 2.05) is 26.1 Å². The summed E-state index contributed by atoms with van der Waals surface area (Å²) in [7, 11) is 1.86. The minimum Gasteiger partial charge on any atom is -0.373 e. The lowest BCUT2D eigenvalue weighted by Crippen LogP contribution is -2.05. The molecule has 0 aliphatic rings. The first-order valence-electron chi connectivity index (χ1n) is 6.57. The predicted octanol–water partition coefficient (Wildman–Crippen LogP) is 4.75. The van der Waals surface area contributed by atoms with Crippen LogP contribution in [0.4, 0.5) is 5.82 Å². The van der Waals surface area contributed by atoms with Crippen molar-refractivity contribution in [1.29, 1.82) is 0 Å². The van der Waals surface area contributed by atoms with Gasteiger partial charge in [0.25, 0.3) is 0 Å². The molecule has 0 atom stereocenters. The molecule has 0 saturated heterocycles. The van der Waals surface area contributed by atoms with Crippen LogP contribution in [0, 0.1) is 6.92 Å². The van der Waals surface area contributed by atoms with Crippen LogP contribution in [0.25, 0.3) is 11.3 Å². The molecule has 1 aromatic carbocycles. The minimum absolute atomic E-state index is 0.605. The van der Waals surface area contributed by atoms with Crippen molar-refractivity contribution in [1.82, 2.24) is 9.97 Å². The summed E-state index contributed by atoms with van der Waals surface area (Å²) >= 11 is 12.2. The number of anilines is 1. The summed E-state index contributed by atoms with van der Waals surface area (Å²) in [6, 6.07) is 5.46. The van der Waals surface area contributed by atoms with Gasteiger partial charge in [0.15, 0.2) is 0 Å². The van der Waals surface area contributed by atoms with Crippen LogP contribution in [0.15, 0.2) is 18.2 Å². The number of nitrogens with zero attached hydrogens (tertiary/aromatic N) is 2. The Morgan fingerprint density at radius 3 is 2.30 bits per heavy atom. The average molecular weight is 310 g/mol. The number of benzene rings is 1. The Balaban J connectivity index is 2.61. The Bertz CT molecular complexity index is 607. The molecule has 0 aliphatic heterocycles. The molecular weight excluding hydrogens is 293 g/mol. The molecule has 2 aromatic rings. The van der Waals surface area contributed by atoms with Crippen molar-refractivity contribution in [2.75, 3.05) is 12.4 Å². The molecule has 106 valence electrons. The van der Waals surface area contributed by atoms with Crippen molar-refractivity contribution >= 4 is 29.0 Å². The van der Waals surface area contributed by atoms with Gasteiger partial charge in [-0.2, -0.15) is 0 Å². The van der Waals surface area contributed by atoms with Gasteiger partial charge in [0, 0.05) is 34.6 Å². The first-order chi connectivity index (χ1) is 9.55. The zero-order valence-corrected chi connectivity index (χ0v) is 13.3. The summed E-state index contributed by atoms with van der Waals surface area (Å²) in [5, 5.41) is 4.33. The van der Waals surface area contributed by atoms with E-state index < -0.39 is 0 Å². The van der Waals surface area contributed by atoms with Gasteiger partial charge in [-0.1, -0.05) is 30.1 Å². The van der Waals surface area contributed by atoms with Crippen LogP contribution in [-0.4, -0.2) is 17.0 Å². The molecule has 1 N–H and O–H groups in total. The zero-order chi connectivity index (χ0) is 14.7. The monoisotopic (exact) mass is 309 g/mol. The number of aryl methyl sites for hydroxylation is 1. The van der Waals surface area contributed by atoms with Crippen molar-refractivity contribution in [3.63, 3.8) is 0 Å². The lowest BCUT2D eigenvalue weighted by atomic mass is 10.1. The van der Waals surface area contributed by atoms with E-state index in [-0.39, 0.29) is 0 Å². The molecule has 0 fully saturated rings. The van der Waals surface area contributed by atoms with E-state index in [4.69, 9.17) is 23.2 Å². The second-order valence-corrected chi connectivity index (χ2v) is 5.49. The highest BCUT2D eigenvalue weighted by Gasteiger charge is 2.12. The van der Waals surface area contributed by atoms with Crippen LogP contribution in [0.5, 0.6) is 0 Å². The third-order valence-corrected chi connectivity index (χ3v) is 3.47. The summed E-state index contributed by atoms with van der Waals surface area (Å²) in [4.78, 5) is 9.18. The molecule has 1 heterocycles. The van der Waals surface area contributed by atoms with Gasteiger partial charge in [-0.25, -0.2) is 9.97 Å². The van der Waals surface area contributed by atoms with Crippen LogP contribution in [0.3, 0.4) is 0 Å². The lowest BCUT2D eigenvalue weighted by Gasteiger charge is -2.12. The highest BCUT2D eigenvalue weighted by Crippen LogP contribution is 2.30. The number of nitrogens with one attached hydrogen (secondary N) is 1. The topological polar surface area (TPSA) is 37.8 Å². The first-order valence-corrected chi connectivity index (χ1v) is 7.32. The van der Waals surface area contributed by atoms with Crippen LogP contribution < -0.4 is 5.32 Å². The minimum atomic E-state index is 0.605. The molecule has 2 rings (SSSR count). The average Bonchev–Trinajstić information content (AvgIpc) is 2.39. The van der Waals surface area contributed by atoms with Gasteiger partial charge in [0.2, 0.25) is 0 Å². The van der Waals surface area contributed by atoms with Crippen molar-refractivity contribution in [3.8, 4) is 11.3 Å². The fourth-order valence-corrected chi connectivity index (χ4v) is 2.64. The van der Waals surface area contributed by atoms with E-state index in [2.05, 4.69) is 22.2 Å². The molecule has 0 aliphatic carbocycles. The Morgan fingerprint density at radius 1 is 1.10 bits per heavy atom. The SMILES string of the molecule is CCCc1nc(NC)c(C)c(-c2cc(Cl)cc(Cl)c2)n1. The predicted molar refractivity (Wildman–Crippen MR) is 85.8 cm³/mol. The molecule has 0 unspecified atom stereocenters. The van der Waals surface area contributed by atoms with Crippen molar-refractivity contribution < 1.29 is 0 Å². The van der Waals surface area contributed by atoms with E-state index in [0.717, 1.165) is 41.3 Å². The standard InChI is InChI=1S/C15H17Cl2N3/c1-4-5-13-19-14(9(2)15(18-3)20-13)10-6-11(16)8-12(17)7-10/h6-8H,4-5H2,1-3H3,(H,18,19,20). The fraction of sp³-hybridized carbons (Fsp3) is 0.333. The summed E-state index contributed by atoms with van der Waals surface area (Å²) < 4.78 is 0. The Labute approximate surface area is 129 Å². The van der Waals surface area contributed by atoms with Crippen LogP contribution in [0.2, 0.25) is 10.0 Å². The highest BCUT2D eigenvalue weighted by atomic mass is 35.5. The Morgan fingerprint density at radius 2 is 1.75 bits per heavy atom. The molecule has 0 radical (unpaired) electrons. The van der Waals surface area contributed by atoms with Crippen molar-refractivity contribution in [3.05, 3.63) is 39.6 Å². The molecule has 20 heavy (non-hydrogen) atoms. The molecule has 0 spiro atoms. The third kappa shape index (κ3) is 3.22. The summed E-state index contributed by atoms with van der Waals surface area (Å²) in [6.45, 7) is 4.10. The van der Waals surface area contributed by atoms with Crippen molar-refractivity contribution in [2.45, 2.75) is 26.7 Å². The van der Waals surface area contributed by atoms with E-state index in [0.29, 0.717) is 10.0 Å². The van der Waals surface area contributed by atoms with E-state index >= 15 is 0 Å². The smallest absolute Gasteiger partial charge is 0.132 e. The maximum Gasteiger partial charge on any atom is 0.132 e. The lowest BCUT2D eigenvalue weighted by molar-refractivity contribution is 0.834. The molecule has 0 saturated carbocycles. The first kappa shape index (κ1) is 15.1. The maximum atomic E-state index is 6.08. The van der Waals surface area contributed by atoms with Gasteiger partial charge in [0.1, 0.15) is 11.6 Å². The molecular formula is C15H17Cl2N3. The number of hydrogen-bond acceptors (Lipinski definition) is 3. The van der Waals surface area contributed by atoms with Crippen molar-refractivity contribution in [2.24, 2.45) is 0 Å². The summed E-state index contributed by atoms with van der Waals surface area (Å²) in [6.07, 6.45) is 1.85. The van der Waals surface area contributed by atoms with Crippen LogP contribution >= 0.6 is 23.2 Å². The van der Waals surface area contributed by atoms with E-state index in [9.17, 15) is 0 Å². The van der Waals surface area contributed by atoms with Crippen LogP contribution in [0.1, 0.15) is 24.7 Å². The van der Waals surface area contributed by atoms with Gasteiger partial charge in [-0.3, -0.25) is 0 Å². The second kappa shape index (κ2) is 6.42. The number of rotatable bonds is 4. The van der Waals surface area contributed by atoms with Gasteiger partial charge < -0.3 is 5.32 Å². The zero-order valence-electron chi connectivity index (χ0n) is 11.8. The number of aromatic nitrogens is 2. The van der Waals surface area contributed by atoms with E-state index in [1.165, 1.54) is 0 Å². The quantitative estimate of drug-likeness (QED) is 0.885. The van der Waals surface area contributed by atoms with Crippen LogP contribution in [-0.2, 0) is 6.42 Å². The maximum absolute atomic E-state index is 6.08. The normalized spacial score (nSPS) is 10.7. The second-order valence-electron chi connectivity index (χ2n) is 4.62. The highest BCUT2D eigenvalue weighted by molar-refractivity contribution is 6.35. The number of halogens is 2. The third-order valence-electron chi connectivity index (χ3n) is 3.04. The molecule has 3 nitrogen and oxygen atoms in total. The van der Waals surface area contributed by atoms with Gasteiger partial charge in [-0.15, -0.1) is 0 Å². The molecule has 0 bridgehead atoms. The Hall–Kier alpha value is -1.32. The molecule has 1 aromatic heterocycles. The Kier molecular flexibility index (Phi) is 4.84. The van der Waals surface area contributed by atoms with Gasteiger partial charge in [-0.05, 0) is 31.5 Å². The van der Waals surface area contributed by atoms with Gasteiger partial charge >= 0.3 is 0 Å².